The van der Waals surface area contributed by atoms with Crippen LogP contribution in [0.1, 0.15) is 38.3 Å². The molecule has 7 nitrogen and oxygen atoms in total. The summed E-state index contributed by atoms with van der Waals surface area (Å²) in [5.74, 6) is 1.14. The minimum absolute atomic E-state index is 0.116. The monoisotopic (exact) mass is 361 g/mol. The number of hydrogen-bond donors (Lipinski definition) is 2. The lowest BCUT2D eigenvalue weighted by Crippen LogP contribution is -2.31. The first kappa shape index (κ1) is 16.0. The number of Topliss-reactive ketones (excluding diaryl/α,β-unsaturated/α-hetero) is 1. The molecule has 0 fully saturated rings. The predicted octanol–water partition coefficient (Wildman–Crippen LogP) is 3.84. The molecule has 2 N–H and O–H groups in total. The second-order valence-electron chi connectivity index (χ2n) is 7.91. The Labute approximate surface area is 155 Å². The molecule has 1 atom stereocenters. The SMILES string of the molecule is CC1(C)CC(=O)C2=C(C1)Nc1nonc1N[C@@H]2c1ccnc2ccccc12. The van der Waals surface area contributed by atoms with Crippen molar-refractivity contribution in [3.63, 3.8) is 0 Å². The molecule has 0 amide bonds. The van der Waals surface area contributed by atoms with E-state index >= 15 is 0 Å². The highest BCUT2D eigenvalue weighted by Gasteiger charge is 2.40. The lowest BCUT2D eigenvalue weighted by molar-refractivity contribution is -0.118. The van der Waals surface area contributed by atoms with Gasteiger partial charge < -0.3 is 10.6 Å². The van der Waals surface area contributed by atoms with Crippen LogP contribution < -0.4 is 10.6 Å². The highest BCUT2D eigenvalue weighted by atomic mass is 16.6. The fraction of sp³-hybridized carbons (Fsp3) is 0.300. The van der Waals surface area contributed by atoms with Crippen LogP contribution in [0.3, 0.4) is 0 Å². The maximum Gasteiger partial charge on any atom is 0.219 e. The lowest BCUT2D eigenvalue weighted by atomic mass is 9.73. The summed E-state index contributed by atoms with van der Waals surface area (Å²) in [6, 6.07) is 9.54. The zero-order valence-corrected chi connectivity index (χ0v) is 15.1. The molecule has 5 rings (SSSR count). The van der Waals surface area contributed by atoms with Gasteiger partial charge in [-0.3, -0.25) is 9.78 Å². The number of pyridine rings is 1. The van der Waals surface area contributed by atoms with Gasteiger partial charge >= 0.3 is 0 Å². The Bertz CT molecular complexity index is 1090. The fourth-order valence-electron chi connectivity index (χ4n) is 4.10. The second kappa shape index (κ2) is 5.64. The molecule has 1 aliphatic heterocycles. The number of carbonyl (C=O) groups is 1. The number of allylic oxidation sites excluding steroid dienone is 1. The Hall–Kier alpha value is -3.22. The molecule has 0 bridgehead atoms. The van der Waals surface area contributed by atoms with Crippen molar-refractivity contribution in [2.24, 2.45) is 5.41 Å². The van der Waals surface area contributed by atoms with Crippen molar-refractivity contribution in [3.05, 3.63) is 53.4 Å². The van der Waals surface area contributed by atoms with E-state index in [-0.39, 0.29) is 17.2 Å². The molecule has 2 aliphatic rings. The van der Waals surface area contributed by atoms with Gasteiger partial charge in [0.2, 0.25) is 11.6 Å². The summed E-state index contributed by atoms with van der Waals surface area (Å²) in [7, 11) is 0. The predicted molar refractivity (Wildman–Crippen MR) is 101 cm³/mol. The van der Waals surface area contributed by atoms with Crippen LogP contribution in [0, 0.1) is 5.41 Å². The summed E-state index contributed by atoms with van der Waals surface area (Å²) in [5, 5.41) is 15.6. The molecule has 0 saturated heterocycles. The first-order valence-corrected chi connectivity index (χ1v) is 8.98. The summed E-state index contributed by atoms with van der Waals surface area (Å²) < 4.78 is 4.91. The molecule has 7 heteroatoms. The lowest BCUT2D eigenvalue weighted by Gasteiger charge is -2.34. The van der Waals surface area contributed by atoms with Crippen molar-refractivity contribution >= 4 is 28.3 Å². The molecule has 0 spiro atoms. The Morgan fingerprint density at radius 2 is 1.93 bits per heavy atom. The van der Waals surface area contributed by atoms with Gasteiger partial charge in [0, 0.05) is 29.3 Å². The van der Waals surface area contributed by atoms with E-state index in [1.54, 1.807) is 6.20 Å². The molecule has 3 heterocycles. The van der Waals surface area contributed by atoms with Gasteiger partial charge in [-0.25, -0.2) is 4.63 Å². The minimum atomic E-state index is -0.350. The van der Waals surface area contributed by atoms with Gasteiger partial charge in [-0.2, -0.15) is 0 Å². The number of nitrogens with one attached hydrogen (secondary N) is 2. The number of benzene rings is 1. The highest BCUT2D eigenvalue weighted by molar-refractivity contribution is 6.01. The van der Waals surface area contributed by atoms with Crippen LogP contribution in [-0.2, 0) is 4.79 Å². The van der Waals surface area contributed by atoms with Crippen LogP contribution in [0.25, 0.3) is 10.9 Å². The standard InChI is InChI=1S/C20H19N5O2/c1-20(2)9-14-16(15(26)10-20)17(23-19-18(22-14)24-27-25-19)12-7-8-21-13-6-4-3-5-11(12)13/h3-8,17H,9-10H2,1-2H3,(H,22,24)(H,23,25)/t17-/m1/s1. The fourth-order valence-corrected chi connectivity index (χ4v) is 4.10. The first-order chi connectivity index (χ1) is 13.0. The van der Waals surface area contributed by atoms with Gasteiger partial charge in [0.15, 0.2) is 5.78 Å². The van der Waals surface area contributed by atoms with Gasteiger partial charge in [0.1, 0.15) is 0 Å². The van der Waals surface area contributed by atoms with E-state index < -0.39 is 0 Å². The van der Waals surface area contributed by atoms with Crippen molar-refractivity contribution in [1.82, 2.24) is 15.3 Å². The zero-order valence-electron chi connectivity index (χ0n) is 15.1. The number of hydrogen-bond acceptors (Lipinski definition) is 7. The van der Waals surface area contributed by atoms with Crippen LogP contribution in [0.5, 0.6) is 0 Å². The van der Waals surface area contributed by atoms with Crippen LogP contribution >= 0.6 is 0 Å². The van der Waals surface area contributed by atoms with Crippen molar-refractivity contribution < 1.29 is 9.42 Å². The van der Waals surface area contributed by atoms with Gasteiger partial charge in [-0.15, -0.1) is 0 Å². The van der Waals surface area contributed by atoms with Crippen LogP contribution in [-0.4, -0.2) is 21.1 Å². The molecule has 3 aromatic rings. The van der Waals surface area contributed by atoms with Crippen LogP contribution in [0.4, 0.5) is 11.6 Å². The summed E-state index contributed by atoms with van der Waals surface area (Å²) in [4.78, 5) is 17.6. The second-order valence-corrected chi connectivity index (χ2v) is 7.91. The van der Waals surface area contributed by atoms with Crippen molar-refractivity contribution in [2.75, 3.05) is 10.6 Å². The number of nitrogens with zero attached hydrogens (tertiary/aromatic N) is 3. The van der Waals surface area contributed by atoms with E-state index in [4.69, 9.17) is 4.63 Å². The minimum Gasteiger partial charge on any atom is -0.353 e. The average Bonchev–Trinajstić information content (AvgIpc) is 2.99. The summed E-state index contributed by atoms with van der Waals surface area (Å²) in [6.45, 7) is 4.21. The average molecular weight is 361 g/mol. The Balaban J connectivity index is 1.75. The molecule has 1 aromatic carbocycles. The third kappa shape index (κ3) is 2.58. The van der Waals surface area contributed by atoms with Gasteiger partial charge in [-0.05, 0) is 39.8 Å². The van der Waals surface area contributed by atoms with E-state index in [1.807, 2.05) is 30.3 Å². The molecule has 0 unspecified atom stereocenters. The number of aromatic nitrogens is 3. The third-order valence-corrected chi connectivity index (χ3v) is 5.24. The Morgan fingerprint density at radius 1 is 1.11 bits per heavy atom. The van der Waals surface area contributed by atoms with E-state index in [0.717, 1.165) is 34.2 Å². The number of para-hydroxylation sites is 1. The van der Waals surface area contributed by atoms with E-state index in [9.17, 15) is 4.79 Å². The van der Waals surface area contributed by atoms with Crippen LogP contribution in [0.2, 0.25) is 0 Å². The Morgan fingerprint density at radius 3 is 2.81 bits per heavy atom. The quantitative estimate of drug-likeness (QED) is 0.680. The van der Waals surface area contributed by atoms with Gasteiger partial charge in [0.05, 0.1) is 11.6 Å². The molecule has 1 aliphatic carbocycles. The maximum atomic E-state index is 13.2. The number of ketones is 1. The van der Waals surface area contributed by atoms with Crippen molar-refractivity contribution in [3.8, 4) is 0 Å². The largest absolute Gasteiger partial charge is 0.353 e. The first-order valence-electron chi connectivity index (χ1n) is 8.98. The molecule has 136 valence electrons. The molecular weight excluding hydrogens is 342 g/mol. The van der Waals surface area contributed by atoms with E-state index in [0.29, 0.717) is 18.1 Å². The molecule has 0 radical (unpaired) electrons. The number of carbonyl (C=O) groups excluding carboxylic acids is 1. The van der Waals surface area contributed by atoms with Gasteiger partial charge in [-0.1, -0.05) is 32.0 Å². The molecule has 2 aromatic heterocycles. The van der Waals surface area contributed by atoms with Crippen molar-refractivity contribution in [1.29, 1.82) is 0 Å². The van der Waals surface area contributed by atoms with Gasteiger partial charge in [0.25, 0.3) is 0 Å². The molecular formula is C20H19N5O2. The maximum absolute atomic E-state index is 13.2. The van der Waals surface area contributed by atoms with E-state index in [2.05, 4.69) is 39.8 Å². The smallest absolute Gasteiger partial charge is 0.219 e. The number of fused-ring (bicyclic) bond motifs is 2. The van der Waals surface area contributed by atoms with Crippen LogP contribution in [0.15, 0.2) is 52.4 Å². The summed E-state index contributed by atoms with van der Waals surface area (Å²) >= 11 is 0. The number of rotatable bonds is 1. The normalized spacial score (nSPS) is 21.1. The number of anilines is 2. The Kier molecular flexibility index (Phi) is 3.34. The zero-order chi connectivity index (χ0) is 18.6. The highest BCUT2D eigenvalue weighted by Crippen LogP contribution is 2.45. The summed E-state index contributed by atoms with van der Waals surface area (Å²) in [6.07, 6.45) is 3.03. The summed E-state index contributed by atoms with van der Waals surface area (Å²) in [5.41, 5.74) is 3.38. The van der Waals surface area contributed by atoms with E-state index in [1.165, 1.54) is 0 Å². The van der Waals surface area contributed by atoms with Crippen molar-refractivity contribution in [2.45, 2.75) is 32.7 Å². The molecule has 0 saturated carbocycles. The third-order valence-electron chi connectivity index (χ3n) is 5.24. The molecule has 27 heavy (non-hydrogen) atoms. The topological polar surface area (TPSA) is 92.9 Å².